The van der Waals surface area contributed by atoms with E-state index in [-0.39, 0.29) is 0 Å². The van der Waals surface area contributed by atoms with Crippen LogP contribution < -0.4 is 0 Å². The molecule has 1 aliphatic rings. The molecule has 1 N–H and O–H groups in total. The first-order valence-corrected chi connectivity index (χ1v) is 6.44. The van der Waals surface area contributed by atoms with Gasteiger partial charge in [-0.05, 0) is 36.3 Å². The Kier molecular flexibility index (Phi) is 3.34. The fourth-order valence-electron chi connectivity index (χ4n) is 2.74. The van der Waals surface area contributed by atoms with Gasteiger partial charge in [0, 0.05) is 6.42 Å². The number of aryl methyl sites for hydroxylation is 1. The molecule has 1 fully saturated rings. The van der Waals surface area contributed by atoms with Crippen molar-refractivity contribution in [1.82, 2.24) is 0 Å². The summed E-state index contributed by atoms with van der Waals surface area (Å²) in [4.78, 5) is 0. The molecule has 0 heterocycles. The highest BCUT2D eigenvalue weighted by molar-refractivity contribution is 5.24. The maximum absolute atomic E-state index is 10.5. The lowest BCUT2D eigenvalue weighted by Gasteiger charge is -2.27. The molecule has 1 aromatic carbocycles. The van der Waals surface area contributed by atoms with Gasteiger partial charge in [0.25, 0.3) is 0 Å². The summed E-state index contributed by atoms with van der Waals surface area (Å²) in [6.07, 6.45) is 5.21. The predicted octanol–water partition coefficient (Wildman–Crippen LogP) is 3.34. The Labute approximate surface area is 98.5 Å². The van der Waals surface area contributed by atoms with E-state index >= 15 is 0 Å². The Balaban J connectivity index is 2.08. The summed E-state index contributed by atoms with van der Waals surface area (Å²) < 4.78 is 0. The molecule has 2 unspecified atom stereocenters. The SMILES string of the molecule is CCc1ccc(CC2(O)CCCC2C)cc1. The fourth-order valence-corrected chi connectivity index (χ4v) is 2.74. The number of hydrogen-bond donors (Lipinski definition) is 1. The van der Waals surface area contributed by atoms with Crippen LogP contribution in [-0.4, -0.2) is 10.7 Å². The lowest BCUT2D eigenvalue weighted by Crippen LogP contribution is -2.34. The van der Waals surface area contributed by atoms with Gasteiger partial charge in [-0.3, -0.25) is 0 Å². The molecule has 0 aromatic heterocycles. The van der Waals surface area contributed by atoms with E-state index in [0.29, 0.717) is 5.92 Å². The van der Waals surface area contributed by atoms with Gasteiger partial charge in [0.05, 0.1) is 5.60 Å². The summed E-state index contributed by atoms with van der Waals surface area (Å²) in [6, 6.07) is 8.69. The van der Waals surface area contributed by atoms with Crippen molar-refractivity contribution in [3.8, 4) is 0 Å². The first kappa shape index (κ1) is 11.7. The molecule has 1 aromatic rings. The molecule has 0 radical (unpaired) electrons. The monoisotopic (exact) mass is 218 g/mol. The van der Waals surface area contributed by atoms with Crippen molar-refractivity contribution in [1.29, 1.82) is 0 Å². The summed E-state index contributed by atoms with van der Waals surface area (Å²) in [5.41, 5.74) is 2.19. The van der Waals surface area contributed by atoms with Gasteiger partial charge in [-0.2, -0.15) is 0 Å². The number of rotatable bonds is 3. The van der Waals surface area contributed by atoms with Gasteiger partial charge >= 0.3 is 0 Å². The number of benzene rings is 1. The third kappa shape index (κ3) is 2.30. The molecule has 2 rings (SSSR count). The third-order valence-electron chi connectivity index (χ3n) is 4.11. The maximum atomic E-state index is 10.5. The Morgan fingerprint density at radius 2 is 1.88 bits per heavy atom. The van der Waals surface area contributed by atoms with E-state index in [2.05, 4.69) is 38.1 Å². The van der Waals surface area contributed by atoms with Crippen LogP contribution in [-0.2, 0) is 12.8 Å². The molecule has 0 amide bonds. The van der Waals surface area contributed by atoms with Crippen LogP contribution in [0.4, 0.5) is 0 Å². The molecule has 0 bridgehead atoms. The van der Waals surface area contributed by atoms with Crippen molar-refractivity contribution < 1.29 is 5.11 Å². The van der Waals surface area contributed by atoms with Gasteiger partial charge in [0.1, 0.15) is 0 Å². The first-order chi connectivity index (χ1) is 7.64. The van der Waals surface area contributed by atoms with E-state index in [1.807, 2.05) is 0 Å². The summed E-state index contributed by atoms with van der Waals surface area (Å²) in [6.45, 7) is 4.34. The van der Waals surface area contributed by atoms with Crippen LogP contribution in [0.3, 0.4) is 0 Å². The molecule has 1 aliphatic carbocycles. The van der Waals surface area contributed by atoms with Crippen molar-refractivity contribution >= 4 is 0 Å². The summed E-state index contributed by atoms with van der Waals surface area (Å²) in [5, 5.41) is 10.5. The second-order valence-electron chi connectivity index (χ2n) is 5.24. The van der Waals surface area contributed by atoms with Crippen molar-refractivity contribution in [2.24, 2.45) is 5.92 Å². The maximum Gasteiger partial charge on any atom is 0.0713 e. The third-order valence-corrected chi connectivity index (χ3v) is 4.11. The van der Waals surface area contributed by atoms with E-state index in [9.17, 15) is 5.11 Å². The lowest BCUT2D eigenvalue weighted by molar-refractivity contribution is 0.00959. The van der Waals surface area contributed by atoms with Crippen LogP contribution in [0.1, 0.15) is 44.2 Å². The summed E-state index contributed by atoms with van der Waals surface area (Å²) in [7, 11) is 0. The highest BCUT2D eigenvalue weighted by Gasteiger charge is 2.37. The van der Waals surface area contributed by atoms with Gasteiger partial charge in [-0.25, -0.2) is 0 Å². The van der Waals surface area contributed by atoms with Crippen molar-refractivity contribution in [3.05, 3.63) is 35.4 Å². The van der Waals surface area contributed by atoms with E-state index in [1.54, 1.807) is 0 Å². The number of hydrogen-bond acceptors (Lipinski definition) is 1. The standard InChI is InChI=1S/C15H22O/c1-3-13-6-8-14(9-7-13)11-15(16)10-4-5-12(15)2/h6-9,12,16H,3-5,10-11H2,1-2H3. The van der Waals surface area contributed by atoms with Crippen LogP contribution in [0.15, 0.2) is 24.3 Å². The molecule has 1 saturated carbocycles. The fraction of sp³-hybridized carbons (Fsp3) is 0.600. The van der Waals surface area contributed by atoms with E-state index in [1.165, 1.54) is 24.0 Å². The Bertz CT molecular complexity index is 341. The van der Waals surface area contributed by atoms with Crippen LogP contribution >= 0.6 is 0 Å². The molecule has 0 saturated heterocycles. The zero-order valence-corrected chi connectivity index (χ0v) is 10.4. The minimum atomic E-state index is -0.451. The van der Waals surface area contributed by atoms with Crippen molar-refractivity contribution in [2.75, 3.05) is 0 Å². The summed E-state index contributed by atoms with van der Waals surface area (Å²) in [5.74, 6) is 0.443. The highest BCUT2D eigenvalue weighted by atomic mass is 16.3. The average molecular weight is 218 g/mol. The molecular formula is C15H22O. The molecule has 0 spiro atoms. The lowest BCUT2D eigenvalue weighted by atomic mass is 9.86. The molecule has 16 heavy (non-hydrogen) atoms. The first-order valence-electron chi connectivity index (χ1n) is 6.44. The molecule has 0 aliphatic heterocycles. The molecular weight excluding hydrogens is 196 g/mol. The molecule has 1 heteroatoms. The van der Waals surface area contributed by atoms with E-state index < -0.39 is 5.60 Å². The zero-order chi connectivity index (χ0) is 11.6. The topological polar surface area (TPSA) is 20.2 Å². The minimum absolute atomic E-state index is 0.443. The van der Waals surface area contributed by atoms with Gasteiger partial charge in [-0.15, -0.1) is 0 Å². The van der Waals surface area contributed by atoms with Crippen LogP contribution in [0.5, 0.6) is 0 Å². The van der Waals surface area contributed by atoms with E-state index in [0.717, 1.165) is 19.3 Å². The van der Waals surface area contributed by atoms with Gasteiger partial charge in [0.15, 0.2) is 0 Å². The average Bonchev–Trinajstić information content (AvgIpc) is 2.60. The van der Waals surface area contributed by atoms with Crippen molar-refractivity contribution in [2.45, 2.75) is 51.6 Å². The Morgan fingerprint density at radius 1 is 1.25 bits per heavy atom. The Morgan fingerprint density at radius 3 is 2.38 bits per heavy atom. The zero-order valence-electron chi connectivity index (χ0n) is 10.4. The van der Waals surface area contributed by atoms with Gasteiger partial charge in [0.2, 0.25) is 0 Å². The van der Waals surface area contributed by atoms with Crippen LogP contribution in [0.25, 0.3) is 0 Å². The molecule has 2 atom stereocenters. The van der Waals surface area contributed by atoms with Gasteiger partial charge in [-0.1, -0.05) is 44.5 Å². The summed E-state index contributed by atoms with van der Waals surface area (Å²) >= 11 is 0. The minimum Gasteiger partial charge on any atom is -0.389 e. The smallest absolute Gasteiger partial charge is 0.0713 e. The molecule has 88 valence electrons. The second-order valence-corrected chi connectivity index (χ2v) is 5.24. The van der Waals surface area contributed by atoms with Crippen LogP contribution in [0.2, 0.25) is 0 Å². The quantitative estimate of drug-likeness (QED) is 0.825. The van der Waals surface area contributed by atoms with Crippen LogP contribution in [0, 0.1) is 5.92 Å². The van der Waals surface area contributed by atoms with Gasteiger partial charge < -0.3 is 5.11 Å². The van der Waals surface area contributed by atoms with E-state index in [4.69, 9.17) is 0 Å². The van der Waals surface area contributed by atoms with Crippen molar-refractivity contribution in [3.63, 3.8) is 0 Å². The molecule has 1 nitrogen and oxygen atoms in total. The largest absolute Gasteiger partial charge is 0.389 e. The number of aliphatic hydroxyl groups is 1. The highest BCUT2D eigenvalue weighted by Crippen LogP contribution is 2.37. The second kappa shape index (κ2) is 4.58. The Hall–Kier alpha value is -0.820. The predicted molar refractivity (Wildman–Crippen MR) is 67.5 cm³/mol. The normalized spacial score (nSPS) is 29.6.